The summed E-state index contributed by atoms with van der Waals surface area (Å²) in [5.41, 5.74) is 3.45. The molecule has 7 nitrogen and oxygen atoms in total. The van der Waals surface area contributed by atoms with E-state index in [0.717, 1.165) is 41.1 Å². The standard InChI is InChI=1S/C26H31N3O4/c1-3-32-23(30)13-14-24(31)33-21-12-8-7-11-20(21)25-26(27-19-9-5-4-6-10-19)29-16-15-18(2)17-22(29)28-25/h7-8,11-12,15-17,19,27H,3-6,9-10,13-14H2,1-2H3. The van der Waals surface area contributed by atoms with Gasteiger partial charge in [-0.1, -0.05) is 31.4 Å². The third kappa shape index (κ3) is 5.53. The van der Waals surface area contributed by atoms with Gasteiger partial charge in [0.15, 0.2) is 0 Å². The second-order valence-corrected chi connectivity index (χ2v) is 8.50. The van der Waals surface area contributed by atoms with Crippen molar-refractivity contribution in [3.63, 3.8) is 0 Å². The van der Waals surface area contributed by atoms with Gasteiger partial charge < -0.3 is 14.8 Å². The number of para-hydroxylation sites is 1. The van der Waals surface area contributed by atoms with Crippen LogP contribution in [0.25, 0.3) is 16.9 Å². The number of anilines is 1. The Balaban J connectivity index is 1.65. The van der Waals surface area contributed by atoms with Crippen molar-refractivity contribution in [3.8, 4) is 17.0 Å². The average Bonchev–Trinajstić information content (AvgIpc) is 3.16. The number of carbonyl (C=O) groups excluding carboxylic acids is 2. The van der Waals surface area contributed by atoms with Crippen LogP contribution in [-0.4, -0.2) is 34.0 Å². The summed E-state index contributed by atoms with van der Waals surface area (Å²) < 4.78 is 12.6. The Morgan fingerprint density at radius 2 is 1.85 bits per heavy atom. The van der Waals surface area contributed by atoms with Gasteiger partial charge in [-0.2, -0.15) is 0 Å². The predicted octanol–water partition coefficient (Wildman–Crippen LogP) is 5.30. The minimum absolute atomic E-state index is 0.00301. The molecule has 7 heteroatoms. The smallest absolute Gasteiger partial charge is 0.311 e. The molecule has 1 saturated carbocycles. The van der Waals surface area contributed by atoms with Crippen molar-refractivity contribution in [2.75, 3.05) is 11.9 Å². The summed E-state index contributed by atoms with van der Waals surface area (Å²) in [6.45, 7) is 4.07. The highest BCUT2D eigenvalue weighted by atomic mass is 16.5. The van der Waals surface area contributed by atoms with E-state index < -0.39 is 11.9 Å². The number of hydrogen-bond donors (Lipinski definition) is 1. The summed E-state index contributed by atoms with van der Waals surface area (Å²) >= 11 is 0. The average molecular weight is 450 g/mol. The molecule has 0 radical (unpaired) electrons. The van der Waals surface area contributed by atoms with Crippen LogP contribution >= 0.6 is 0 Å². The number of pyridine rings is 1. The van der Waals surface area contributed by atoms with Gasteiger partial charge in [-0.05, 0) is 56.5 Å². The fourth-order valence-electron chi connectivity index (χ4n) is 4.27. The van der Waals surface area contributed by atoms with Crippen molar-refractivity contribution in [2.24, 2.45) is 0 Å². The second kappa shape index (κ2) is 10.5. The number of nitrogens with one attached hydrogen (secondary N) is 1. The molecule has 0 bridgehead atoms. The fourth-order valence-corrected chi connectivity index (χ4v) is 4.27. The zero-order valence-electron chi connectivity index (χ0n) is 19.3. The van der Waals surface area contributed by atoms with E-state index in [9.17, 15) is 9.59 Å². The Morgan fingerprint density at radius 1 is 1.09 bits per heavy atom. The van der Waals surface area contributed by atoms with Crippen LogP contribution in [0.15, 0.2) is 42.6 Å². The molecule has 4 rings (SSSR count). The lowest BCUT2D eigenvalue weighted by Gasteiger charge is -2.24. The molecule has 33 heavy (non-hydrogen) atoms. The number of benzene rings is 1. The molecule has 1 fully saturated rings. The lowest BCUT2D eigenvalue weighted by Crippen LogP contribution is -2.23. The maximum absolute atomic E-state index is 12.5. The summed E-state index contributed by atoms with van der Waals surface area (Å²) in [5, 5.41) is 3.72. The summed E-state index contributed by atoms with van der Waals surface area (Å²) in [5.74, 6) is 0.458. The third-order valence-corrected chi connectivity index (χ3v) is 5.93. The highest BCUT2D eigenvalue weighted by Gasteiger charge is 2.22. The monoisotopic (exact) mass is 449 g/mol. The molecule has 0 amide bonds. The minimum atomic E-state index is -0.475. The van der Waals surface area contributed by atoms with Gasteiger partial charge in [0, 0.05) is 17.8 Å². The number of aryl methyl sites for hydroxylation is 1. The van der Waals surface area contributed by atoms with Gasteiger partial charge in [0.1, 0.15) is 22.9 Å². The third-order valence-electron chi connectivity index (χ3n) is 5.93. The van der Waals surface area contributed by atoms with Gasteiger partial charge in [0.2, 0.25) is 0 Å². The molecule has 2 aromatic heterocycles. The molecule has 0 spiro atoms. The van der Waals surface area contributed by atoms with Gasteiger partial charge in [-0.3, -0.25) is 14.0 Å². The van der Waals surface area contributed by atoms with E-state index in [-0.39, 0.29) is 12.8 Å². The van der Waals surface area contributed by atoms with E-state index >= 15 is 0 Å². The summed E-state index contributed by atoms with van der Waals surface area (Å²) in [7, 11) is 0. The number of esters is 2. The van der Waals surface area contributed by atoms with Crippen LogP contribution in [0.5, 0.6) is 5.75 Å². The van der Waals surface area contributed by atoms with Crippen molar-refractivity contribution < 1.29 is 19.1 Å². The lowest BCUT2D eigenvalue weighted by atomic mass is 9.95. The number of carbonyl (C=O) groups is 2. The van der Waals surface area contributed by atoms with Crippen LogP contribution in [0, 0.1) is 6.92 Å². The first kappa shape index (κ1) is 22.8. The molecule has 3 aromatic rings. The molecule has 0 atom stereocenters. The zero-order chi connectivity index (χ0) is 23.2. The first-order chi connectivity index (χ1) is 16.0. The van der Waals surface area contributed by atoms with Crippen LogP contribution in [0.3, 0.4) is 0 Å². The van der Waals surface area contributed by atoms with Crippen LogP contribution in [0.1, 0.15) is 57.4 Å². The van der Waals surface area contributed by atoms with Crippen LogP contribution in [0.4, 0.5) is 5.82 Å². The number of nitrogens with zero attached hydrogens (tertiary/aromatic N) is 2. The maximum Gasteiger partial charge on any atom is 0.311 e. The predicted molar refractivity (Wildman–Crippen MR) is 127 cm³/mol. The minimum Gasteiger partial charge on any atom is -0.466 e. The summed E-state index contributed by atoms with van der Waals surface area (Å²) in [6, 6.07) is 11.9. The molecule has 0 aliphatic heterocycles. The van der Waals surface area contributed by atoms with E-state index in [1.165, 1.54) is 19.3 Å². The Kier molecular flexibility index (Phi) is 7.27. The van der Waals surface area contributed by atoms with Crippen molar-refractivity contribution in [2.45, 2.75) is 64.8 Å². The number of imidazole rings is 1. The largest absolute Gasteiger partial charge is 0.466 e. The van der Waals surface area contributed by atoms with E-state index in [1.54, 1.807) is 13.0 Å². The molecule has 1 aromatic carbocycles. The van der Waals surface area contributed by atoms with Crippen LogP contribution in [-0.2, 0) is 14.3 Å². The number of ether oxygens (including phenoxy) is 2. The van der Waals surface area contributed by atoms with Gasteiger partial charge in [0.25, 0.3) is 0 Å². The Morgan fingerprint density at radius 3 is 2.64 bits per heavy atom. The van der Waals surface area contributed by atoms with Gasteiger partial charge in [-0.15, -0.1) is 0 Å². The molecular weight excluding hydrogens is 418 g/mol. The van der Waals surface area contributed by atoms with E-state index in [0.29, 0.717) is 18.4 Å². The Hall–Kier alpha value is -3.35. The molecule has 0 saturated heterocycles. The quantitative estimate of drug-likeness (QED) is 0.371. The molecular formula is C26H31N3O4. The highest BCUT2D eigenvalue weighted by Crippen LogP contribution is 2.37. The van der Waals surface area contributed by atoms with E-state index in [1.807, 2.05) is 37.4 Å². The van der Waals surface area contributed by atoms with Crippen molar-refractivity contribution in [1.29, 1.82) is 0 Å². The van der Waals surface area contributed by atoms with E-state index in [4.69, 9.17) is 14.5 Å². The van der Waals surface area contributed by atoms with Crippen LogP contribution < -0.4 is 10.1 Å². The van der Waals surface area contributed by atoms with Crippen molar-refractivity contribution >= 4 is 23.4 Å². The Bertz CT molecular complexity index is 1130. The molecule has 1 N–H and O–H groups in total. The molecule has 0 unspecified atom stereocenters. The van der Waals surface area contributed by atoms with Crippen LogP contribution in [0.2, 0.25) is 0 Å². The normalized spacial score (nSPS) is 14.2. The van der Waals surface area contributed by atoms with Gasteiger partial charge in [-0.25, -0.2) is 4.98 Å². The number of aromatic nitrogens is 2. The van der Waals surface area contributed by atoms with Crippen molar-refractivity contribution in [1.82, 2.24) is 9.38 Å². The van der Waals surface area contributed by atoms with E-state index in [2.05, 4.69) is 15.8 Å². The first-order valence-corrected chi connectivity index (χ1v) is 11.8. The Labute approximate surface area is 194 Å². The number of rotatable bonds is 8. The molecule has 1 aliphatic carbocycles. The summed E-state index contributed by atoms with van der Waals surface area (Å²) in [4.78, 5) is 29.0. The number of hydrogen-bond acceptors (Lipinski definition) is 6. The summed E-state index contributed by atoms with van der Waals surface area (Å²) in [6.07, 6.45) is 7.96. The lowest BCUT2D eigenvalue weighted by molar-refractivity contribution is -0.146. The maximum atomic E-state index is 12.5. The highest BCUT2D eigenvalue weighted by molar-refractivity contribution is 5.84. The molecule has 1 aliphatic rings. The SMILES string of the molecule is CCOC(=O)CCC(=O)Oc1ccccc1-c1nc2cc(C)ccn2c1NC1CCCCC1. The van der Waals surface area contributed by atoms with Gasteiger partial charge in [0.05, 0.1) is 19.4 Å². The molecule has 174 valence electrons. The zero-order valence-corrected chi connectivity index (χ0v) is 19.3. The first-order valence-electron chi connectivity index (χ1n) is 11.8. The molecule has 2 heterocycles. The number of fused-ring (bicyclic) bond motifs is 1. The fraction of sp³-hybridized carbons (Fsp3) is 0.423. The topological polar surface area (TPSA) is 81.9 Å². The van der Waals surface area contributed by atoms with Gasteiger partial charge >= 0.3 is 11.9 Å². The van der Waals surface area contributed by atoms with Crippen molar-refractivity contribution in [3.05, 3.63) is 48.2 Å². The second-order valence-electron chi connectivity index (χ2n) is 8.50.